The molecule has 1 aliphatic carbocycles. The maximum Gasteiger partial charge on any atom is 0.0662 e. The van der Waals surface area contributed by atoms with Crippen molar-refractivity contribution in [2.45, 2.75) is 46.0 Å². The fourth-order valence-corrected chi connectivity index (χ4v) is 6.95. The van der Waals surface area contributed by atoms with Crippen LogP contribution >= 0.6 is 0 Å². The summed E-state index contributed by atoms with van der Waals surface area (Å²) < 4.78 is 17.1. The van der Waals surface area contributed by atoms with Crippen LogP contribution in [0.3, 0.4) is 0 Å². The van der Waals surface area contributed by atoms with E-state index in [9.17, 15) is 4.39 Å². The van der Waals surface area contributed by atoms with E-state index in [2.05, 4.69) is 70.1 Å². The zero-order valence-corrected chi connectivity index (χ0v) is 27.0. The number of hydrogen-bond acceptors (Lipinski definition) is 3. The average Bonchev–Trinajstić information content (AvgIpc) is 3.76. The number of benzene rings is 3. The average molecular weight is 756 g/mol. The predicted octanol–water partition coefficient (Wildman–Crippen LogP) is 8.71. The van der Waals surface area contributed by atoms with Gasteiger partial charge in [-0.05, 0) is 59.3 Å². The molecule has 0 aliphatic heterocycles. The summed E-state index contributed by atoms with van der Waals surface area (Å²) in [7, 11) is 0. The quantitative estimate of drug-likeness (QED) is 0.170. The van der Waals surface area contributed by atoms with Gasteiger partial charge in [0.25, 0.3) is 0 Å². The van der Waals surface area contributed by atoms with Gasteiger partial charge in [0.05, 0.1) is 5.65 Å². The predicted molar refractivity (Wildman–Crippen MR) is 170 cm³/mol. The maximum atomic E-state index is 12.6. The molecule has 7 heteroatoms. The Morgan fingerprint density at radius 3 is 2.57 bits per heavy atom. The van der Waals surface area contributed by atoms with Crippen LogP contribution in [0.5, 0.6) is 0 Å². The van der Waals surface area contributed by atoms with E-state index in [-0.39, 0.29) is 25.9 Å². The molecule has 0 saturated heterocycles. The van der Waals surface area contributed by atoms with Gasteiger partial charge in [-0.2, -0.15) is 0 Å². The van der Waals surface area contributed by atoms with Crippen LogP contribution in [0.4, 0.5) is 4.39 Å². The summed E-state index contributed by atoms with van der Waals surface area (Å²) in [5.41, 5.74) is 9.77. The fourth-order valence-electron chi connectivity index (χ4n) is 6.95. The second kappa shape index (κ2) is 11.4. The fraction of sp³-hybridized carbons (Fsp3) is 0.216. The van der Waals surface area contributed by atoms with Crippen molar-refractivity contribution in [2.75, 3.05) is 0 Å². The van der Waals surface area contributed by atoms with E-state index in [4.69, 9.17) is 4.98 Å². The van der Waals surface area contributed by atoms with E-state index in [1.54, 1.807) is 12.3 Å². The first-order chi connectivity index (χ1) is 21.1. The van der Waals surface area contributed by atoms with E-state index in [1.165, 1.54) is 82.4 Å². The van der Waals surface area contributed by atoms with Crippen LogP contribution in [0, 0.1) is 38.0 Å². The van der Waals surface area contributed by atoms with Gasteiger partial charge < -0.3 is 18.8 Å². The molecule has 0 spiro atoms. The molecule has 1 radical (unpaired) electrons. The number of fused-ring (bicyclic) bond motifs is 6. The number of halogens is 1. The van der Waals surface area contributed by atoms with E-state index >= 15 is 0 Å². The summed E-state index contributed by atoms with van der Waals surface area (Å²) in [5.74, 6) is 0.531. The van der Waals surface area contributed by atoms with E-state index in [1.807, 2.05) is 29.7 Å². The van der Waals surface area contributed by atoms with Crippen LogP contribution in [0.15, 0.2) is 79.1 Å². The van der Waals surface area contributed by atoms with Gasteiger partial charge in [-0.25, -0.2) is 0 Å². The molecule has 0 atom stereocenters. The van der Waals surface area contributed by atoms with Gasteiger partial charge >= 0.3 is 0 Å². The molecule has 0 bridgehead atoms. The van der Waals surface area contributed by atoms with Crippen molar-refractivity contribution in [3.63, 3.8) is 0 Å². The van der Waals surface area contributed by atoms with Crippen LogP contribution < -0.4 is 0 Å². The molecule has 1 fully saturated rings. The van der Waals surface area contributed by atoms with Crippen LogP contribution in [0.2, 0.25) is 0 Å². The molecule has 1 aliphatic rings. The van der Waals surface area contributed by atoms with Crippen molar-refractivity contribution in [2.24, 2.45) is 5.92 Å². The van der Waals surface area contributed by atoms with Gasteiger partial charge in [0.15, 0.2) is 0 Å². The minimum atomic E-state index is -0.277. The van der Waals surface area contributed by atoms with Crippen molar-refractivity contribution in [1.29, 1.82) is 0 Å². The van der Waals surface area contributed by atoms with E-state index in [0.29, 0.717) is 0 Å². The first-order valence-corrected chi connectivity index (χ1v) is 15.0. The summed E-state index contributed by atoms with van der Waals surface area (Å²) in [5, 5.41) is 5.22. The SMILES string of the molecule is Cc1ccc(-c2[c-]cc(F)cc2)nc1.Cc1n[c-]n2c3nccc4cc(CC5CCCC5)c5c6ccccc6n(c5c43)c12.[Ir]. The standard InChI is InChI=1S/C25H21N4.C12H9FN.Ir/c1-15-25-28(14-27-15)24-22-17(10-11-26-24)13-18(12-16-6-2-3-7-16)21-19-8-4-5-9-20(19)29(25)23(21)22;1-9-2-7-12(14-8-9)10-3-5-11(13)6-4-10;/h4-5,8-11,13,16H,2-3,6-7,12H2,1H3;2-3,5-8H,1H3;/q2*-1;. The van der Waals surface area contributed by atoms with Gasteiger partial charge in [-0.1, -0.05) is 69.0 Å². The number of pyridine rings is 2. The normalized spacial score (nSPS) is 13.7. The Bertz CT molecular complexity index is 2200. The Labute approximate surface area is 268 Å². The summed E-state index contributed by atoms with van der Waals surface area (Å²) in [6.45, 7) is 4.04. The summed E-state index contributed by atoms with van der Waals surface area (Å²) in [4.78, 5) is 13.5. The minimum Gasteiger partial charge on any atom is -0.397 e. The van der Waals surface area contributed by atoms with E-state index < -0.39 is 0 Å². The molecule has 5 aromatic heterocycles. The molecular weight excluding hydrogens is 726 g/mol. The van der Waals surface area contributed by atoms with Gasteiger partial charge in [0, 0.05) is 77.5 Å². The van der Waals surface area contributed by atoms with Gasteiger partial charge in [-0.15, -0.1) is 29.8 Å². The van der Waals surface area contributed by atoms with Crippen molar-refractivity contribution in [3.8, 4) is 11.3 Å². The second-order valence-corrected chi connectivity index (χ2v) is 11.8. The van der Waals surface area contributed by atoms with Gasteiger partial charge in [0.1, 0.15) is 0 Å². The van der Waals surface area contributed by atoms with E-state index in [0.717, 1.165) is 39.7 Å². The maximum absolute atomic E-state index is 12.6. The molecule has 9 rings (SSSR count). The third kappa shape index (κ3) is 4.66. The minimum absolute atomic E-state index is 0. The molecule has 0 N–H and O–H groups in total. The van der Waals surface area contributed by atoms with Crippen LogP contribution in [0.1, 0.15) is 42.5 Å². The van der Waals surface area contributed by atoms with Crippen molar-refractivity contribution < 1.29 is 24.5 Å². The molecule has 8 aromatic rings. The molecule has 5 nitrogen and oxygen atoms in total. The Morgan fingerprint density at radius 2 is 1.80 bits per heavy atom. The summed E-state index contributed by atoms with van der Waals surface area (Å²) in [6, 6.07) is 24.5. The summed E-state index contributed by atoms with van der Waals surface area (Å²) >= 11 is 0. The summed E-state index contributed by atoms with van der Waals surface area (Å²) in [6.07, 6.45) is 13.5. The van der Waals surface area contributed by atoms with Crippen molar-refractivity contribution in [1.82, 2.24) is 23.8 Å². The number of rotatable bonds is 3. The molecule has 0 unspecified atom stereocenters. The van der Waals surface area contributed by atoms with Crippen molar-refractivity contribution >= 4 is 43.9 Å². The first kappa shape index (κ1) is 28.6. The van der Waals surface area contributed by atoms with Crippen LogP contribution in [-0.2, 0) is 26.5 Å². The Morgan fingerprint density at radius 1 is 0.955 bits per heavy atom. The third-order valence-corrected chi connectivity index (χ3v) is 8.95. The smallest absolute Gasteiger partial charge is 0.0662 e. The number of para-hydroxylation sites is 1. The molecule has 0 amide bonds. The van der Waals surface area contributed by atoms with Crippen LogP contribution in [-0.4, -0.2) is 23.8 Å². The zero-order chi connectivity index (χ0) is 29.1. The Balaban J connectivity index is 0.000000177. The second-order valence-electron chi connectivity index (χ2n) is 11.8. The van der Waals surface area contributed by atoms with Crippen molar-refractivity contribution in [3.05, 3.63) is 114 Å². The third-order valence-electron chi connectivity index (χ3n) is 8.95. The molecular formula is C37H30FIrN5-2. The number of aromatic nitrogens is 5. The Kier molecular flexibility index (Phi) is 7.39. The number of nitrogens with zero attached hydrogens (tertiary/aromatic N) is 5. The molecule has 1 saturated carbocycles. The molecule has 3 aromatic carbocycles. The topological polar surface area (TPSA) is 47.5 Å². The molecule has 44 heavy (non-hydrogen) atoms. The number of hydrogen-bond donors (Lipinski definition) is 0. The molecule has 221 valence electrons. The molecule has 5 heterocycles. The number of aryl methyl sites for hydroxylation is 2. The van der Waals surface area contributed by atoms with Gasteiger partial charge in [0.2, 0.25) is 0 Å². The monoisotopic (exact) mass is 756 g/mol. The first-order valence-electron chi connectivity index (χ1n) is 15.0. The Hall–Kier alpha value is -4.19. The van der Waals surface area contributed by atoms with Gasteiger partial charge in [-0.3, -0.25) is 9.37 Å². The number of imidazole rings is 1. The zero-order valence-electron chi connectivity index (χ0n) is 24.6. The largest absolute Gasteiger partial charge is 0.397 e. The van der Waals surface area contributed by atoms with Crippen LogP contribution in [0.25, 0.3) is 55.1 Å².